The average molecular weight is 325 g/mol. The van der Waals surface area contributed by atoms with Crippen molar-refractivity contribution in [3.8, 4) is 0 Å². The van der Waals surface area contributed by atoms with Crippen molar-refractivity contribution >= 4 is 5.91 Å². The van der Waals surface area contributed by atoms with Gasteiger partial charge in [0.15, 0.2) is 0 Å². The molecule has 126 valence electrons. The van der Waals surface area contributed by atoms with Gasteiger partial charge in [-0.15, -0.1) is 0 Å². The summed E-state index contributed by atoms with van der Waals surface area (Å²) < 4.78 is 13.4. The molecule has 0 aromatic heterocycles. The van der Waals surface area contributed by atoms with E-state index in [1.54, 1.807) is 6.07 Å². The molecule has 0 N–H and O–H groups in total. The van der Waals surface area contributed by atoms with Gasteiger partial charge < -0.3 is 4.90 Å². The van der Waals surface area contributed by atoms with Crippen LogP contribution in [0.3, 0.4) is 0 Å². The molecule has 0 atom stereocenters. The number of hydrogen-bond donors (Lipinski definition) is 0. The highest BCUT2D eigenvalue weighted by atomic mass is 19.1. The molecule has 2 nitrogen and oxygen atoms in total. The van der Waals surface area contributed by atoms with Crippen molar-refractivity contribution in [2.45, 2.75) is 44.6 Å². The molecule has 1 aliphatic rings. The lowest BCUT2D eigenvalue weighted by Crippen LogP contribution is -2.41. The van der Waals surface area contributed by atoms with E-state index < -0.39 is 0 Å². The van der Waals surface area contributed by atoms with Crippen molar-refractivity contribution in [2.75, 3.05) is 6.54 Å². The fraction of sp³-hybridized carbons (Fsp3) is 0.381. The van der Waals surface area contributed by atoms with Gasteiger partial charge in [0.2, 0.25) is 5.91 Å². The minimum absolute atomic E-state index is 0.114. The highest BCUT2D eigenvalue weighted by molar-refractivity contribution is 5.79. The third-order valence-corrected chi connectivity index (χ3v) is 4.81. The van der Waals surface area contributed by atoms with Crippen LogP contribution in [0.4, 0.5) is 4.39 Å². The van der Waals surface area contributed by atoms with E-state index >= 15 is 0 Å². The Kier molecular flexibility index (Phi) is 5.63. The van der Waals surface area contributed by atoms with Gasteiger partial charge in [-0.2, -0.15) is 0 Å². The Balaban J connectivity index is 1.68. The fourth-order valence-electron chi connectivity index (χ4n) is 3.54. The Hall–Kier alpha value is -2.16. The molecule has 2 aromatic carbocycles. The highest BCUT2D eigenvalue weighted by Crippen LogP contribution is 2.24. The topological polar surface area (TPSA) is 20.3 Å². The van der Waals surface area contributed by atoms with E-state index in [0.717, 1.165) is 31.4 Å². The van der Waals surface area contributed by atoms with Crippen LogP contribution in [0.5, 0.6) is 0 Å². The molecular weight excluding hydrogens is 301 g/mol. The molecule has 0 saturated heterocycles. The van der Waals surface area contributed by atoms with Crippen molar-refractivity contribution in [2.24, 2.45) is 0 Å². The van der Waals surface area contributed by atoms with Crippen LogP contribution in [0.2, 0.25) is 0 Å². The zero-order chi connectivity index (χ0) is 16.8. The lowest BCUT2D eigenvalue weighted by atomic mass is 10.1. The van der Waals surface area contributed by atoms with Gasteiger partial charge in [-0.25, -0.2) is 4.39 Å². The number of rotatable bonds is 6. The van der Waals surface area contributed by atoms with Crippen LogP contribution < -0.4 is 0 Å². The number of carbonyl (C=O) groups excluding carboxylic acids is 1. The maximum atomic E-state index is 13.4. The molecule has 24 heavy (non-hydrogen) atoms. The molecule has 0 bridgehead atoms. The smallest absolute Gasteiger partial charge is 0.227 e. The minimum Gasteiger partial charge on any atom is -0.339 e. The lowest BCUT2D eigenvalue weighted by Gasteiger charge is -2.29. The van der Waals surface area contributed by atoms with Crippen molar-refractivity contribution in [1.82, 2.24) is 4.90 Å². The lowest BCUT2D eigenvalue weighted by molar-refractivity contribution is -0.132. The third kappa shape index (κ3) is 4.44. The molecule has 2 aromatic rings. The molecule has 1 amide bonds. The van der Waals surface area contributed by atoms with Gasteiger partial charge in [0.05, 0.1) is 6.42 Å². The zero-order valence-electron chi connectivity index (χ0n) is 14.0. The quantitative estimate of drug-likeness (QED) is 0.772. The largest absolute Gasteiger partial charge is 0.339 e. The number of benzene rings is 2. The summed E-state index contributed by atoms with van der Waals surface area (Å²) in [6.45, 7) is 0.739. The minimum atomic E-state index is -0.281. The molecule has 3 rings (SSSR count). The normalized spacial score (nSPS) is 14.7. The molecule has 0 unspecified atom stereocenters. The van der Waals surface area contributed by atoms with Gasteiger partial charge in [-0.3, -0.25) is 4.79 Å². The Morgan fingerprint density at radius 2 is 1.71 bits per heavy atom. The van der Waals surface area contributed by atoms with Gasteiger partial charge in [-0.1, -0.05) is 55.3 Å². The number of nitrogens with zero attached hydrogens (tertiary/aromatic N) is 1. The summed E-state index contributed by atoms with van der Waals surface area (Å²) in [7, 11) is 0. The van der Waals surface area contributed by atoms with Gasteiger partial charge >= 0.3 is 0 Å². The Bertz CT molecular complexity index is 665. The molecule has 0 spiro atoms. The molecular formula is C21H24FNO. The molecule has 1 saturated carbocycles. The Morgan fingerprint density at radius 1 is 1.00 bits per heavy atom. The Labute approximate surface area is 143 Å². The van der Waals surface area contributed by atoms with Crippen LogP contribution in [0.15, 0.2) is 54.6 Å². The number of halogens is 1. The second kappa shape index (κ2) is 8.09. The summed E-state index contributed by atoms with van der Waals surface area (Å²) in [6.07, 6.45) is 5.71. The van der Waals surface area contributed by atoms with Crippen LogP contribution in [-0.4, -0.2) is 23.4 Å². The summed E-state index contributed by atoms with van der Waals surface area (Å²) >= 11 is 0. The summed E-state index contributed by atoms with van der Waals surface area (Å²) in [6, 6.07) is 17.0. The van der Waals surface area contributed by atoms with Crippen molar-refractivity contribution in [3.05, 3.63) is 71.5 Å². The number of carbonyl (C=O) groups is 1. The first-order valence-corrected chi connectivity index (χ1v) is 8.80. The molecule has 1 fully saturated rings. The monoisotopic (exact) mass is 325 g/mol. The van der Waals surface area contributed by atoms with E-state index in [0.29, 0.717) is 6.04 Å². The van der Waals surface area contributed by atoms with E-state index in [-0.39, 0.29) is 18.1 Å². The number of amides is 1. The van der Waals surface area contributed by atoms with Crippen molar-refractivity contribution < 1.29 is 9.18 Å². The highest BCUT2D eigenvalue weighted by Gasteiger charge is 2.26. The van der Waals surface area contributed by atoms with Crippen molar-refractivity contribution in [1.29, 1.82) is 0 Å². The summed E-state index contributed by atoms with van der Waals surface area (Å²) in [5, 5.41) is 0. The van der Waals surface area contributed by atoms with E-state index in [1.807, 2.05) is 29.2 Å². The van der Waals surface area contributed by atoms with Gasteiger partial charge in [0.25, 0.3) is 0 Å². The van der Waals surface area contributed by atoms with Crippen LogP contribution in [0, 0.1) is 5.82 Å². The zero-order valence-corrected chi connectivity index (χ0v) is 14.0. The second-order valence-corrected chi connectivity index (χ2v) is 6.57. The van der Waals surface area contributed by atoms with E-state index in [1.165, 1.54) is 30.5 Å². The molecule has 0 heterocycles. The Morgan fingerprint density at radius 3 is 2.42 bits per heavy atom. The SMILES string of the molecule is O=C(Cc1cccc(F)c1)N(CCc1ccccc1)C1CCCC1. The molecule has 1 aliphatic carbocycles. The third-order valence-electron chi connectivity index (χ3n) is 4.81. The molecule has 3 heteroatoms. The first-order chi connectivity index (χ1) is 11.7. The molecule has 0 aliphatic heterocycles. The fourth-order valence-corrected chi connectivity index (χ4v) is 3.54. The first-order valence-electron chi connectivity index (χ1n) is 8.80. The van der Waals surface area contributed by atoms with Crippen LogP contribution in [-0.2, 0) is 17.6 Å². The van der Waals surface area contributed by atoms with Crippen LogP contribution in [0.25, 0.3) is 0 Å². The van der Waals surface area contributed by atoms with Gasteiger partial charge in [0, 0.05) is 12.6 Å². The maximum absolute atomic E-state index is 13.4. The maximum Gasteiger partial charge on any atom is 0.227 e. The average Bonchev–Trinajstić information content (AvgIpc) is 3.10. The second-order valence-electron chi connectivity index (χ2n) is 6.57. The van der Waals surface area contributed by atoms with E-state index in [4.69, 9.17) is 0 Å². The standard InChI is InChI=1S/C21H24FNO/c22-19-10-6-9-18(15-19)16-21(24)23(20-11-4-5-12-20)14-13-17-7-2-1-3-8-17/h1-3,6-10,15,20H,4-5,11-14,16H2. The first kappa shape index (κ1) is 16.7. The van der Waals surface area contributed by atoms with Crippen molar-refractivity contribution in [3.63, 3.8) is 0 Å². The van der Waals surface area contributed by atoms with E-state index in [9.17, 15) is 9.18 Å². The van der Waals surface area contributed by atoms with Crippen LogP contribution in [0.1, 0.15) is 36.8 Å². The summed E-state index contributed by atoms with van der Waals surface area (Å²) in [4.78, 5) is 14.9. The predicted octanol–water partition coefficient (Wildman–Crippen LogP) is 4.38. The van der Waals surface area contributed by atoms with Gasteiger partial charge in [0.1, 0.15) is 5.82 Å². The van der Waals surface area contributed by atoms with Crippen LogP contribution >= 0.6 is 0 Å². The number of hydrogen-bond acceptors (Lipinski definition) is 1. The van der Waals surface area contributed by atoms with E-state index in [2.05, 4.69) is 12.1 Å². The predicted molar refractivity (Wildman–Crippen MR) is 94.2 cm³/mol. The molecule has 0 radical (unpaired) electrons. The summed E-state index contributed by atoms with van der Waals surface area (Å²) in [5.41, 5.74) is 2.00. The summed E-state index contributed by atoms with van der Waals surface area (Å²) in [5.74, 6) is -0.166. The van der Waals surface area contributed by atoms with Gasteiger partial charge in [-0.05, 0) is 42.5 Å².